The van der Waals surface area contributed by atoms with Crippen LogP contribution in [0.3, 0.4) is 0 Å². The van der Waals surface area contributed by atoms with E-state index in [1.165, 1.54) is 0 Å². The molecule has 1 aromatic rings. The number of hydrogen-bond acceptors (Lipinski definition) is 3. The number of aryl methyl sites for hydroxylation is 1. The fourth-order valence-electron chi connectivity index (χ4n) is 2.98. The lowest BCUT2D eigenvalue weighted by atomic mass is 9.74. The van der Waals surface area contributed by atoms with E-state index >= 15 is 0 Å². The van der Waals surface area contributed by atoms with Gasteiger partial charge in [-0.15, -0.1) is 0 Å². The van der Waals surface area contributed by atoms with Crippen molar-refractivity contribution in [3.63, 3.8) is 0 Å². The monoisotopic (exact) mass is 338 g/mol. The van der Waals surface area contributed by atoms with Crippen molar-refractivity contribution in [1.82, 2.24) is 0 Å². The van der Waals surface area contributed by atoms with Crippen molar-refractivity contribution in [2.45, 2.75) is 59.9 Å². The van der Waals surface area contributed by atoms with Crippen molar-refractivity contribution >= 4 is 11.6 Å². The molecule has 2 N–H and O–H groups in total. The molecular formula is C19H31ClN2O. The van der Waals surface area contributed by atoms with Crippen molar-refractivity contribution in [2.75, 3.05) is 6.54 Å². The van der Waals surface area contributed by atoms with Crippen LogP contribution in [0.2, 0.25) is 5.02 Å². The molecule has 2 atom stereocenters. The zero-order valence-electron chi connectivity index (χ0n) is 15.3. The molecule has 0 saturated carbocycles. The molecule has 3 nitrogen and oxygen atoms in total. The third-order valence-corrected chi connectivity index (χ3v) is 5.02. The van der Waals surface area contributed by atoms with Crippen molar-refractivity contribution in [3.05, 3.63) is 39.3 Å². The number of rotatable bonds is 7. The van der Waals surface area contributed by atoms with E-state index in [2.05, 4.69) is 45.9 Å². The Bertz CT molecular complexity index is 533. The average Bonchev–Trinajstić information content (AvgIpc) is 2.41. The Morgan fingerprint density at radius 1 is 1.22 bits per heavy atom. The number of benzene rings is 1. The maximum Gasteiger partial charge on any atom is 0.0862 e. The lowest BCUT2D eigenvalue weighted by Crippen LogP contribution is -2.45. The summed E-state index contributed by atoms with van der Waals surface area (Å²) in [6, 6.07) is 6.07. The molecule has 0 spiro atoms. The molecule has 0 aliphatic rings. The Kier molecular flexibility index (Phi) is 6.79. The van der Waals surface area contributed by atoms with Crippen LogP contribution in [0.1, 0.15) is 59.1 Å². The van der Waals surface area contributed by atoms with Gasteiger partial charge in [0.1, 0.15) is 0 Å². The van der Waals surface area contributed by atoms with Crippen LogP contribution < -0.4 is 5.73 Å². The Morgan fingerprint density at radius 2 is 1.83 bits per heavy atom. The van der Waals surface area contributed by atoms with Gasteiger partial charge in [-0.25, -0.2) is 0 Å². The smallest absolute Gasteiger partial charge is 0.0862 e. The van der Waals surface area contributed by atoms with Gasteiger partial charge < -0.3 is 5.73 Å². The van der Waals surface area contributed by atoms with Crippen LogP contribution in [0.25, 0.3) is 0 Å². The molecular weight excluding hydrogens is 308 g/mol. The van der Waals surface area contributed by atoms with E-state index in [-0.39, 0.29) is 23.8 Å². The van der Waals surface area contributed by atoms with Crippen LogP contribution in [0.4, 0.5) is 0 Å². The maximum atomic E-state index is 10.8. The highest BCUT2D eigenvalue weighted by atomic mass is 35.5. The molecule has 1 unspecified atom stereocenters. The second-order valence-corrected chi connectivity index (χ2v) is 8.72. The molecule has 0 heterocycles. The van der Waals surface area contributed by atoms with E-state index in [9.17, 15) is 4.91 Å². The molecule has 0 radical (unpaired) electrons. The molecule has 0 aromatic heterocycles. The van der Waals surface area contributed by atoms with E-state index in [1.54, 1.807) is 0 Å². The zero-order valence-corrected chi connectivity index (χ0v) is 16.1. The first-order valence-corrected chi connectivity index (χ1v) is 8.73. The van der Waals surface area contributed by atoms with Gasteiger partial charge in [0.25, 0.3) is 0 Å². The van der Waals surface area contributed by atoms with Crippen LogP contribution in [-0.2, 0) is 12.0 Å². The first-order chi connectivity index (χ1) is 10.5. The molecule has 1 rings (SSSR count). The maximum absolute atomic E-state index is 10.8. The molecule has 0 bridgehead atoms. The van der Waals surface area contributed by atoms with E-state index < -0.39 is 5.54 Å². The van der Waals surface area contributed by atoms with Crippen LogP contribution in [0.5, 0.6) is 0 Å². The van der Waals surface area contributed by atoms with E-state index in [1.807, 2.05) is 19.1 Å². The van der Waals surface area contributed by atoms with Crippen molar-refractivity contribution in [1.29, 1.82) is 0 Å². The standard InChI is InChI=1S/C19H31ClN2O/c1-13(2)16(12-22-23)19(6,21)15-8-7-14(17(20)11-15)9-10-18(3,4)5/h7-8,11,13,16H,9-10,12,21H2,1-6H3/t16?,19-/m0/s1. The Morgan fingerprint density at radius 3 is 2.26 bits per heavy atom. The van der Waals surface area contributed by atoms with Crippen LogP contribution in [0, 0.1) is 22.2 Å². The minimum Gasteiger partial charge on any atom is -0.321 e. The van der Waals surface area contributed by atoms with Gasteiger partial charge in [-0.3, -0.25) is 0 Å². The van der Waals surface area contributed by atoms with E-state index in [0.717, 1.165) is 29.0 Å². The van der Waals surface area contributed by atoms with Crippen LogP contribution in [0.15, 0.2) is 23.4 Å². The number of nitrogens with two attached hydrogens (primary N) is 1. The Labute approximate surface area is 146 Å². The summed E-state index contributed by atoms with van der Waals surface area (Å²) >= 11 is 6.48. The molecule has 23 heavy (non-hydrogen) atoms. The normalized spacial score (nSPS) is 16.2. The second kappa shape index (κ2) is 7.76. The zero-order chi connectivity index (χ0) is 17.8. The predicted molar refractivity (Wildman–Crippen MR) is 99.8 cm³/mol. The molecule has 130 valence electrons. The fraction of sp³-hybridized carbons (Fsp3) is 0.684. The van der Waals surface area contributed by atoms with Gasteiger partial charge in [-0.05, 0) is 48.3 Å². The summed E-state index contributed by atoms with van der Waals surface area (Å²) in [6.45, 7) is 13.0. The Hall–Kier alpha value is -0.930. The van der Waals surface area contributed by atoms with Crippen LogP contribution >= 0.6 is 11.6 Å². The molecule has 0 amide bonds. The second-order valence-electron chi connectivity index (χ2n) is 8.31. The number of nitrogens with zero attached hydrogens (tertiary/aromatic N) is 1. The van der Waals surface area contributed by atoms with Crippen molar-refractivity contribution in [2.24, 2.45) is 28.2 Å². The molecule has 0 aliphatic carbocycles. The van der Waals surface area contributed by atoms with Gasteiger partial charge in [0, 0.05) is 16.5 Å². The highest BCUT2D eigenvalue weighted by Crippen LogP contribution is 2.35. The van der Waals surface area contributed by atoms with Gasteiger partial charge in [0.15, 0.2) is 0 Å². The molecule has 0 aliphatic heterocycles. The van der Waals surface area contributed by atoms with Gasteiger partial charge >= 0.3 is 0 Å². The molecule has 0 fully saturated rings. The lowest BCUT2D eigenvalue weighted by molar-refractivity contribution is 0.234. The highest BCUT2D eigenvalue weighted by Gasteiger charge is 2.34. The lowest BCUT2D eigenvalue weighted by Gasteiger charge is -2.36. The minimum absolute atomic E-state index is 0.0171. The third kappa shape index (κ3) is 5.58. The number of hydrogen-bond donors (Lipinski definition) is 1. The SMILES string of the molecule is CC(C)C(CN=O)[C@@](C)(N)c1ccc(CCC(C)(C)C)c(Cl)c1. The third-order valence-electron chi connectivity index (χ3n) is 4.67. The summed E-state index contributed by atoms with van der Waals surface area (Å²) in [5.74, 6) is 0.249. The van der Waals surface area contributed by atoms with Crippen molar-refractivity contribution < 1.29 is 0 Å². The van der Waals surface area contributed by atoms with Crippen molar-refractivity contribution in [3.8, 4) is 0 Å². The first-order valence-electron chi connectivity index (χ1n) is 8.36. The fourth-order valence-corrected chi connectivity index (χ4v) is 3.26. The van der Waals surface area contributed by atoms with E-state index in [4.69, 9.17) is 17.3 Å². The molecule has 1 aromatic carbocycles. The van der Waals surface area contributed by atoms with Crippen LogP contribution in [-0.4, -0.2) is 6.54 Å². The largest absolute Gasteiger partial charge is 0.321 e. The van der Waals surface area contributed by atoms with Gasteiger partial charge in [0.05, 0.1) is 6.54 Å². The highest BCUT2D eigenvalue weighted by molar-refractivity contribution is 6.31. The Balaban J connectivity index is 3.04. The molecule has 0 saturated heterocycles. The molecule has 4 heteroatoms. The summed E-state index contributed by atoms with van der Waals surface area (Å²) in [5, 5.41) is 3.84. The summed E-state index contributed by atoms with van der Waals surface area (Å²) in [5.41, 5.74) is 8.33. The summed E-state index contributed by atoms with van der Waals surface area (Å²) in [7, 11) is 0. The van der Waals surface area contributed by atoms with Gasteiger partial charge in [-0.2, -0.15) is 4.91 Å². The number of nitroso groups, excluding NO2 is 1. The first kappa shape index (κ1) is 20.1. The quantitative estimate of drug-likeness (QED) is 0.664. The summed E-state index contributed by atoms with van der Waals surface area (Å²) in [6.07, 6.45) is 2.03. The summed E-state index contributed by atoms with van der Waals surface area (Å²) in [4.78, 5) is 10.8. The van der Waals surface area contributed by atoms with Gasteiger partial charge in [-0.1, -0.05) is 63.5 Å². The topological polar surface area (TPSA) is 55.5 Å². The average molecular weight is 339 g/mol. The predicted octanol–water partition coefficient (Wildman–Crippen LogP) is 5.53. The van der Waals surface area contributed by atoms with E-state index in [0.29, 0.717) is 0 Å². The summed E-state index contributed by atoms with van der Waals surface area (Å²) < 4.78 is 0. The minimum atomic E-state index is -0.631. The van der Waals surface area contributed by atoms with Gasteiger partial charge in [0.2, 0.25) is 0 Å². The number of halogens is 1.